The monoisotopic (exact) mass is 422 g/mol. The fourth-order valence-corrected chi connectivity index (χ4v) is 4.26. The number of ether oxygens (including phenoxy) is 3. The van der Waals surface area contributed by atoms with Gasteiger partial charge >= 0.3 is 0 Å². The van der Waals surface area contributed by atoms with E-state index < -0.39 is 0 Å². The van der Waals surface area contributed by atoms with Crippen molar-refractivity contribution in [3.63, 3.8) is 0 Å². The van der Waals surface area contributed by atoms with Crippen LogP contribution in [0.15, 0.2) is 48.7 Å². The van der Waals surface area contributed by atoms with Gasteiger partial charge in [0.2, 0.25) is 5.75 Å². The van der Waals surface area contributed by atoms with Gasteiger partial charge in [-0.05, 0) is 24.7 Å². The maximum Gasteiger partial charge on any atom is 0.203 e. The highest BCUT2D eigenvalue weighted by Crippen LogP contribution is 2.41. The number of nitrogens with zero attached hydrogens (tertiary/aromatic N) is 3. The molecule has 31 heavy (non-hydrogen) atoms. The lowest BCUT2D eigenvalue weighted by Crippen LogP contribution is -2.46. The molecule has 1 N–H and O–H groups in total. The van der Waals surface area contributed by atoms with Gasteiger partial charge in [-0.2, -0.15) is 5.10 Å². The molecule has 1 aromatic heterocycles. The van der Waals surface area contributed by atoms with Crippen LogP contribution in [0.1, 0.15) is 17.2 Å². The second kappa shape index (κ2) is 9.41. The van der Waals surface area contributed by atoms with Crippen LogP contribution in [-0.4, -0.2) is 68.0 Å². The van der Waals surface area contributed by atoms with Crippen molar-refractivity contribution in [3.8, 4) is 28.5 Å². The van der Waals surface area contributed by atoms with Gasteiger partial charge in [0.1, 0.15) is 0 Å². The number of piperazine rings is 1. The standard InChI is InChI=1S/C24H30N4O3/c1-27-10-11-28(20(16-27)17-8-6-5-7-9-17)15-19-14-25-26-23(19)18-12-21(29-2)24(31-4)22(13-18)30-3/h5-9,12-14,20H,10-11,15-16H2,1-4H3,(H,25,26)/t20-/m1/s1. The van der Waals surface area contributed by atoms with Crippen LogP contribution in [0.25, 0.3) is 11.3 Å². The van der Waals surface area contributed by atoms with Gasteiger partial charge in [0, 0.05) is 43.3 Å². The molecule has 1 fully saturated rings. The van der Waals surface area contributed by atoms with Crippen molar-refractivity contribution in [1.29, 1.82) is 0 Å². The van der Waals surface area contributed by atoms with E-state index in [9.17, 15) is 0 Å². The zero-order valence-electron chi connectivity index (χ0n) is 18.6. The highest BCUT2D eigenvalue weighted by Gasteiger charge is 2.28. The topological polar surface area (TPSA) is 62.9 Å². The molecule has 3 aromatic rings. The maximum atomic E-state index is 5.54. The number of hydrogen-bond donors (Lipinski definition) is 1. The predicted octanol–water partition coefficient (Wildman–Crippen LogP) is 3.59. The van der Waals surface area contributed by atoms with E-state index in [1.54, 1.807) is 21.3 Å². The Balaban J connectivity index is 1.66. The number of methoxy groups -OCH3 is 3. The van der Waals surface area contributed by atoms with Crippen molar-refractivity contribution in [2.45, 2.75) is 12.6 Å². The molecule has 0 radical (unpaired) electrons. The van der Waals surface area contributed by atoms with Gasteiger partial charge < -0.3 is 19.1 Å². The Morgan fingerprint density at radius 3 is 2.35 bits per heavy atom. The van der Waals surface area contributed by atoms with Crippen LogP contribution in [0.3, 0.4) is 0 Å². The molecule has 1 aliphatic rings. The van der Waals surface area contributed by atoms with Crippen LogP contribution < -0.4 is 14.2 Å². The Morgan fingerprint density at radius 1 is 1.00 bits per heavy atom. The number of nitrogens with one attached hydrogen (secondary N) is 1. The number of likely N-dealkylation sites (N-methyl/N-ethyl adjacent to an activating group) is 1. The molecule has 0 bridgehead atoms. The van der Waals surface area contributed by atoms with Gasteiger partial charge in [-0.3, -0.25) is 10.00 Å². The van der Waals surface area contributed by atoms with Crippen molar-refractivity contribution in [2.24, 2.45) is 0 Å². The Kier molecular flexibility index (Phi) is 6.44. The summed E-state index contributed by atoms with van der Waals surface area (Å²) in [6, 6.07) is 15.0. The third-order valence-corrected chi connectivity index (χ3v) is 5.92. The van der Waals surface area contributed by atoms with E-state index in [4.69, 9.17) is 14.2 Å². The van der Waals surface area contributed by atoms with Gasteiger partial charge in [0.05, 0.1) is 33.2 Å². The van der Waals surface area contributed by atoms with Crippen molar-refractivity contribution in [1.82, 2.24) is 20.0 Å². The molecule has 1 aliphatic heterocycles. The summed E-state index contributed by atoms with van der Waals surface area (Å²) >= 11 is 0. The quantitative estimate of drug-likeness (QED) is 0.628. The van der Waals surface area contributed by atoms with Crippen LogP contribution in [0, 0.1) is 0 Å². The average Bonchev–Trinajstić information content (AvgIpc) is 3.27. The van der Waals surface area contributed by atoms with Gasteiger partial charge in [0.15, 0.2) is 11.5 Å². The highest BCUT2D eigenvalue weighted by molar-refractivity contribution is 5.70. The van der Waals surface area contributed by atoms with Crippen LogP contribution in [-0.2, 0) is 6.54 Å². The van der Waals surface area contributed by atoms with Crippen LogP contribution >= 0.6 is 0 Å². The Bertz CT molecular complexity index is 980. The fraction of sp³-hybridized carbons (Fsp3) is 0.375. The number of H-pyrrole nitrogens is 1. The Hall–Kier alpha value is -3.03. The molecule has 1 saturated heterocycles. The third kappa shape index (κ3) is 4.38. The first kappa shape index (κ1) is 21.2. The summed E-state index contributed by atoms with van der Waals surface area (Å²) in [5.41, 5.74) is 4.39. The van der Waals surface area contributed by atoms with E-state index in [1.165, 1.54) is 5.56 Å². The van der Waals surface area contributed by atoms with E-state index in [1.807, 2.05) is 18.3 Å². The minimum atomic E-state index is 0.336. The van der Waals surface area contributed by atoms with E-state index in [2.05, 4.69) is 57.4 Å². The zero-order chi connectivity index (χ0) is 21.8. The minimum absolute atomic E-state index is 0.336. The molecule has 7 nitrogen and oxygen atoms in total. The first-order valence-corrected chi connectivity index (χ1v) is 10.4. The number of aromatic amines is 1. The third-order valence-electron chi connectivity index (χ3n) is 5.92. The zero-order valence-corrected chi connectivity index (χ0v) is 18.6. The van der Waals surface area contributed by atoms with Crippen LogP contribution in [0.4, 0.5) is 0 Å². The van der Waals surface area contributed by atoms with Crippen molar-refractivity contribution in [3.05, 3.63) is 59.8 Å². The van der Waals surface area contributed by atoms with Crippen LogP contribution in [0.2, 0.25) is 0 Å². The van der Waals surface area contributed by atoms with Gasteiger partial charge in [0.25, 0.3) is 0 Å². The lowest BCUT2D eigenvalue weighted by molar-refractivity contribution is 0.0835. The molecule has 0 amide bonds. The van der Waals surface area contributed by atoms with Gasteiger partial charge in [-0.1, -0.05) is 30.3 Å². The summed E-state index contributed by atoms with van der Waals surface area (Å²) in [5.74, 6) is 1.83. The van der Waals surface area contributed by atoms with Crippen molar-refractivity contribution in [2.75, 3.05) is 48.0 Å². The summed E-state index contributed by atoms with van der Waals surface area (Å²) in [6.45, 7) is 3.84. The summed E-state index contributed by atoms with van der Waals surface area (Å²) in [4.78, 5) is 4.92. The molecular weight excluding hydrogens is 392 g/mol. The molecule has 7 heteroatoms. The molecule has 2 aromatic carbocycles. The molecule has 4 rings (SSSR count). The Labute approximate surface area is 183 Å². The highest BCUT2D eigenvalue weighted by atomic mass is 16.5. The van der Waals surface area contributed by atoms with Gasteiger partial charge in [-0.15, -0.1) is 0 Å². The summed E-state index contributed by atoms with van der Waals surface area (Å²) in [6.07, 6.45) is 1.92. The second-order valence-electron chi connectivity index (χ2n) is 7.84. The minimum Gasteiger partial charge on any atom is -0.493 e. The summed E-state index contributed by atoms with van der Waals surface area (Å²) in [7, 11) is 7.05. The van der Waals surface area contributed by atoms with Crippen molar-refractivity contribution < 1.29 is 14.2 Å². The molecular formula is C24H30N4O3. The normalized spacial score (nSPS) is 17.5. The molecule has 0 aliphatic carbocycles. The molecule has 2 heterocycles. The first-order chi connectivity index (χ1) is 15.1. The van der Waals surface area contributed by atoms with Gasteiger partial charge in [-0.25, -0.2) is 0 Å². The predicted molar refractivity (Wildman–Crippen MR) is 121 cm³/mol. The molecule has 0 saturated carbocycles. The fourth-order valence-electron chi connectivity index (χ4n) is 4.26. The van der Waals surface area contributed by atoms with E-state index in [-0.39, 0.29) is 0 Å². The number of rotatable bonds is 7. The number of aromatic nitrogens is 2. The lowest BCUT2D eigenvalue weighted by atomic mass is 10.0. The van der Waals surface area contributed by atoms with E-state index >= 15 is 0 Å². The van der Waals surface area contributed by atoms with E-state index in [0.29, 0.717) is 23.3 Å². The molecule has 0 unspecified atom stereocenters. The van der Waals surface area contributed by atoms with E-state index in [0.717, 1.165) is 43.0 Å². The SMILES string of the molecule is COc1cc(-c2[nH]ncc2CN2CCN(C)C[C@@H]2c2ccccc2)cc(OC)c1OC. The van der Waals surface area contributed by atoms with Crippen LogP contribution in [0.5, 0.6) is 17.2 Å². The lowest BCUT2D eigenvalue weighted by Gasteiger charge is -2.40. The Morgan fingerprint density at radius 2 is 1.71 bits per heavy atom. The van der Waals surface area contributed by atoms with Crippen molar-refractivity contribution >= 4 is 0 Å². The first-order valence-electron chi connectivity index (χ1n) is 10.4. The summed E-state index contributed by atoms with van der Waals surface area (Å²) < 4.78 is 16.5. The number of benzene rings is 2. The second-order valence-corrected chi connectivity index (χ2v) is 7.84. The molecule has 0 spiro atoms. The average molecular weight is 423 g/mol. The molecule has 164 valence electrons. The number of hydrogen-bond acceptors (Lipinski definition) is 6. The largest absolute Gasteiger partial charge is 0.493 e. The maximum absolute atomic E-state index is 5.54. The molecule has 1 atom stereocenters. The smallest absolute Gasteiger partial charge is 0.203 e. The summed E-state index contributed by atoms with van der Waals surface area (Å²) in [5, 5.41) is 7.53.